The predicted octanol–water partition coefficient (Wildman–Crippen LogP) is 5.32. The van der Waals surface area contributed by atoms with Gasteiger partial charge < -0.3 is 29.7 Å². The van der Waals surface area contributed by atoms with Crippen LogP contribution in [0.1, 0.15) is 20.3 Å². The van der Waals surface area contributed by atoms with E-state index in [4.69, 9.17) is 34.0 Å². The largest absolute Gasteiger partial charge is 0.486 e. The smallest absolute Gasteiger partial charge is 0.249 e. The number of hydrogen-bond donors (Lipinski definition) is 2. The molecule has 2 aromatic heterocycles. The summed E-state index contributed by atoms with van der Waals surface area (Å²) in [4.78, 5) is 25.8. The summed E-state index contributed by atoms with van der Waals surface area (Å²) in [6.07, 6.45) is 4.52. The van der Waals surface area contributed by atoms with Gasteiger partial charge in [-0.3, -0.25) is 9.78 Å². The number of halogens is 2. The normalized spacial score (nSPS) is 17.6. The molecule has 2 aromatic carbocycles. The van der Waals surface area contributed by atoms with Crippen LogP contribution in [0.15, 0.2) is 67.3 Å². The Morgan fingerprint density at radius 1 is 1.22 bits per heavy atom. The number of carbonyl (C=O) groups is 1. The SMILES string of the molecule is [2H]C([2H])([2H])N(/C=C/C(=O)Nc1cc2c(Nc3ccc(OCc4cc(F)ccn4)c(Cl)c3)ncnc2cc1OC1CCOC1)C([2H])([2H])[2H]. The summed E-state index contributed by atoms with van der Waals surface area (Å²) in [6.45, 7) is -5.16. The van der Waals surface area contributed by atoms with Crippen LogP contribution in [0.3, 0.4) is 0 Å². The first-order chi connectivity index (χ1) is 22.3. The van der Waals surface area contributed by atoms with Crippen LogP contribution in [0, 0.1) is 5.82 Å². The maximum atomic E-state index is 13.5. The van der Waals surface area contributed by atoms with Crippen molar-refractivity contribution >= 4 is 45.6 Å². The molecule has 212 valence electrons. The topological polar surface area (TPSA) is 111 Å². The van der Waals surface area contributed by atoms with Crippen LogP contribution in [0.5, 0.6) is 11.5 Å². The molecule has 2 N–H and O–H groups in total. The van der Waals surface area contributed by atoms with Crippen LogP contribution >= 0.6 is 11.6 Å². The molecular formula is C29H28ClFN6O4. The zero-order chi connectivity index (χ0) is 33.8. The average molecular weight is 585 g/mol. The molecule has 1 atom stereocenters. The molecule has 1 aliphatic rings. The van der Waals surface area contributed by atoms with E-state index < -0.39 is 25.7 Å². The lowest BCUT2D eigenvalue weighted by atomic mass is 10.1. The number of nitrogens with zero attached hydrogens (tertiary/aromatic N) is 4. The van der Waals surface area contributed by atoms with Crippen LogP contribution in [0.4, 0.5) is 21.6 Å². The maximum Gasteiger partial charge on any atom is 0.249 e. The molecule has 41 heavy (non-hydrogen) atoms. The lowest BCUT2D eigenvalue weighted by Gasteiger charge is -2.18. The van der Waals surface area contributed by atoms with E-state index >= 15 is 0 Å². The van der Waals surface area contributed by atoms with Crippen molar-refractivity contribution in [1.82, 2.24) is 19.9 Å². The fraction of sp³-hybridized carbons (Fsp3) is 0.241. The van der Waals surface area contributed by atoms with Crippen LogP contribution in [0.2, 0.25) is 5.02 Å². The number of rotatable bonds is 10. The highest BCUT2D eigenvalue weighted by Gasteiger charge is 2.21. The second-order valence-electron chi connectivity index (χ2n) is 8.89. The van der Waals surface area contributed by atoms with E-state index in [1.54, 1.807) is 30.3 Å². The monoisotopic (exact) mass is 584 g/mol. The van der Waals surface area contributed by atoms with Gasteiger partial charge in [-0.05, 0) is 36.4 Å². The molecule has 3 heterocycles. The Balaban J connectivity index is 1.40. The van der Waals surface area contributed by atoms with E-state index in [0.717, 1.165) is 6.08 Å². The number of hydrogen-bond acceptors (Lipinski definition) is 9. The first-order valence-electron chi connectivity index (χ1n) is 15.4. The average Bonchev–Trinajstić information content (AvgIpc) is 3.49. The molecule has 0 bridgehead atoms. The van der Waals surface area contributed by atoms with Crippen molar-refractivity contribution in [2.45, 2.75) is 19.1 Å². The summed E-state index contributed by atoms with van der Waals surface area (Å²) in [5.41, 5.74) is 1.59. The minimum absolute atomic E-state index is 0.00627. The molecule has 4 aromatic rings. The standard InChI is InChI=1S/C29H28ClFN6O4/c1-37(2)9-6-28(38)36-25-13-22-24(14-27(25)41-21-7-10-39-16-21)33-17-34-29(22)35-19-3-4-26(23(30)12-19)40-15-20-11-18(31)5-8-32-20/h3-6,8-9,11-14,17,21H,7,10,15-16H2,1-2H3,(H,36,38)(H,33,34,35)/b9-6+/i1D3,2D3. The van der Waals surface area contributed by atoms with Gasteiger partial charge in [0, 0.05) is 64.2 Å². The number of amides is 1. The molecule has 5 rings (SSSR count). The third-order valence-corrected chi connectivity index (χ3v) is 6.20. The quantitative estimate of drug-likeness (QED) is 0.239. The van der Waals surface area contributed by atoms with Crippen molar-refractivity contribution in [2.24, 2.45) is 0 Å². The van der Waals surface area contributed by atoms with Gasteiger partial charge in [0.25, 0.3) is 0 Å². The summed E-state index contributed by atoms with van der Waals surface area (Å²) in [7, 11) is 0. The van der Waals surface area contributed by atoms with Crippen molar-refractivity contribution < 1.29 is 31.6 Å². The van der Waals surface area contributed by atoms with Gasteiger partial charge in [0.1, 0.15) is 42.2 Å². The summed E-state index contributed by atoms with van der Waals surface area (Å²) in [6, 6.07) is 10.6. The van der Waals surface area contributed by atoms with Gasteiger partial charge in [0.15, 0.2) is 0 Å². The van der Waals surface area contributed by atoms with Crippen molar-refractivity contribution in [3.05, 3.63) is 83.8 Å². The van der Waals surface area contributed by atoms with E-state index in [0.29, 0.717) is 59.7 Å². The lowest BCUT2D eigenvalue weighted by molar-refractivity contribution is -0.112. The van der Waals surface area contributed by atoms with Crippen LogP contribution in [0.25, 0.3) is 10.9 Å². The molecule has 1 saturated heterocycles. The molecule has 10 nitrogen and oxygen atoms in total. The number of anilines is 3. The number of aromatic nitrogens is 3. The highest BCUT2D eigenvalue weighted by Crippen LogP contribution is 2.36. The second kappa shape index (κ2) is 12.8. The van der Waals surface area contributed by atoms with Crippen molar-refractivity contribution in [1.29, 1.82) is 0 Å². The molecule has 1 unspecified atom stereocenters. The molecule has 0 aliphatic carbocycles. The van der Waals surface area contributed by atoms with Gasteiger partial charge >= 0.3 is 0 Å². The van der Waals surface area contributed by atoms with Crippen molar-refractivity contribution in [3.63, 3.8) is 0 Å². The number of nitrogens with one attached hydrogen (secondary N) is 2. The maximum absolute atomic E-state index is 13.5. The zero-order valence-electron chi connectivity index (χ0n) is 27.4. The van der Waals surface area contributed by atoms with Crippen LogP contribution in [-0.2, 0) is 16.1 Å². The van der Waals surface area contributed by atoms with Gasteiger partial charge in [0.2, 0.25) is 5.91 Å². The summed E-state index contributed by atoms with van der Waals surface area (Å²) in [5.74, 6) is -0.276. The Hall–Kier alpha value is -4.48. The number of fused-ring (bicyclic) bond motifs is 1. The first-order valence-corrected chi connectivity index (χ1v) is 12.8. The number of carbonyl (C=O) groups excluding carboxylic acids is 1. The molecule has 1 fully saturated rings. The highest BCUT2D eigenvalue weighted by atomic mass is 35.5. The van der Waals surface area contributed by atoms with Crippen LogP contribution in [-0.4, -0.2) is 59.0 Å². The molecular weight excluding hydrogens is 551 g/mol. The van der Waals surface area contributed by atoms with E-state index in [2.05, 4.69) is 25.6 Å². The third-order valence-electron chi connectivity index (χ3n) is 5.90. The molecule has 0 saturated carbocycles. The third kappa shape index (κ3) is 7.38. The van der Waals surface area contributed by atoms with Gasteiger partial charge in [-0.1, -0.05) is 11.6 Å². The Kier molecular flexibility index (Phi) is 6.64. The predicted molar refractivity (Wildman–Crippen MR) is 154 cm³/mol. The molecule has 1 amide bonds. The minimum Gasteiger partial charge on any atom is -0.486 e. The molecule has 12 heteroatoms. The van der Waals surface area contributed by atoms with Crippen molar-refractivity contribution in [3.8, 4) is 11.5 Å². The lowest BCUT2D eigenvalue weighted by Crippen LogP contribution is -2.18. The molecule has 1 aliphatic heterocycles. The van der Waals surface area contributed by atoms with Gasteiger partial charge in [0.05, 0.1) is 35.1 Å². The Morgan fingerprint density at radius 3 is 2.90 bits per heavy atom. The zero-order valence-corrected chi connectivity index (χ0v) is 22.2. The van der Waals surface area contributed by atoms with Gasteiger partial charge in [-0.25, -0.2) is 14.4 Å². The van der Waals surface area contributed by atoms with Gasteiger partial charge in [-0.15, -0.1) is 0 Å². The summed E-state index contributed by atoms with van der Waals surface area (Å²) < 4.78 is 75.7. The molecule has 0 radical (unpaired) electrons. The number of ether oxygens (including phenoxy) is 3. The van der Waals surface area contributed by atoms with E-state index in [1.807, 2.05) is 0 Å². The first kappa shape index (κ1) is 21.3. The second-order valence-corrected chi connectivity index (χ2v) is 9.30. The van der Waals surface area contributed by atoms with E-state index in [9.17, 15) is 9.18 Å². The van der Waals surface area contributed by atoms with E-state index in [1.165, 1.54) is 24.7 Å². The number of benzene rings is 2. The van der Waals surface area contributed by atoms with E-state index in [-0.39, 0.29) is 34.1 Å². The van der Waals surface area contributed by atoms with Crippen molar-refractivity contribution in [2.75, 3.05) is 37.8 Å². The van der Waals surface area contributed by atoms with Gasteiger partial charge in [-0.2, -0.15) is 0 Å². The number of pyridine rings is 1. The highest BCUT2D eigenvalue weighted by molar-refractivity contribution is 6.32. The molecule has 0 spiro atoms. The Morgan fingerprint density at radius 2 is 2.12 bits per heavy atom. The fourth-order valence-electron chi connectivity index (χ4n) is 3.99. The minimum atomic E-state index is -3.01. The summed E-state index contributed by atoms with van der Waals surface area (Å²) in [5, 5.41) is 6.55. The van der Waals surface area contributed by atoms with Crippen LogP contribution < -0.4 is 20.1 Å². The summed E-state index contributed by atoms with van der Waals surface area (Å²) >= 11 is 6.46. The Bertz CT molecular complexity index is 1770. The fourth-order valence-corrected chi connectivity index (χ4v) is 4.23. The Labute approximate surface area is 249 Å².